The maximum atomic E-state index is 11.9. The highest BCUT2D eigenvalue weighted by atomic mass is 16.6. The molecule has 2 rings (SSSR count). The highest BCUT2D eigenvalue weighted by Gasteiger charge is 2.11. The molecule has 5 nitrogen and oxygen atoms in total. The molecule has 25 heavy (non-hydrogen) atoms. The zero-order valence-corrected chi connectivity index (χ0v) is 14.9. The van der Waals surface area contributed by atoms with Crippen LogP contribution in [0.15, 0.2) is 42.5 Å². The first-order valence-corrected chi connectivity index (χ1v) is 8.06. The van der Waals surface area contributed by atoms with Gasteiger partial charge in [-0.1, -0.05) is 6.07 Å². The molecule has 0 amide bonds. The Balaban J connectivity index is 1.89. The van der Waals surface area contributed by atoms with Gasteiger partial charge in [0.25, 0.3) is 0 Å². The van der Waals surface area contributed by atoms with Crippen LogP contribution in [0, 0.1) is 13.8 Å². The number of carbonyl (C=O) groups excluding carboxylic acids is 2. The molecule has 0 aliphatic rings. The van der Waals surface area contributed by atoms with Gasteiger partial charge in [0.1, 0.15) is 11.5 Å². The molecule has 132 valence electrons. The molecule has 0 bridgehead atoms. The molecular weight excluding hydrogens is 320 g/mol. The second-order valence-corrected chi connectivity index (χ2v) is 6.06. The van der Waals surface area contributed by atoms with E-state index in [2.05, 4.69) is 0 Å². The lowest BCUT2D eigenvalue weighted by Crippen LogP contribution is -2.18. The van der Waals surface area contributed by atoms with Crippen LogP contribution in [0.3, 0.4) is 0 Å². The van der Waals surface area contributed by atoms with E-state index >= 15 is 0 Å². The third kappa shape index (κ3) is 5.95. The van der Waals surface area contributed by atoms with Crippen molar-refractivity contribution in [2.24, 2.45) is 0 Å². The molecule has 0 atom stereocenters. The Morgan fingerprint density at radius 1 is 0.920 bits per heavy atom. The summed E-state index contributed by atoms with van der Waals surface area (Å²) < 4.78 is 15.8. The summed E-state index contributed by atoms with van der Waals surface area (Å²) in [5, 5.41) is 0. The zero-order chi connectivity index (χ0) is 18.4. The number of carbonyl (C=O) groups is 2. The van der Waals surface area contributed by atoms with Crippen molar-refractivity contribution in [1.82, 2.24) is 0 Å². The number of ether oxygens (including phenoxy) is 3. The molecule has 2 aromatic rings. The van der Waals surface area contributed by atoms with Crippen LogP contribution < -0.4 is 9.47 Å². The lowest BCUT2D eigenvalue weighted by molar-refractivity contribution is -0.136. The van der Waals surface area contributed by atoms with Crippen molar-refractivity contribution in [2.45, 2.75) is 33.8 Å². The minimum atomic E-state index is -0.517. The molecule has 0 radical (unpaired) electrons. The Morgan fingerprint density at radius 2 is 1.52 bits per heavy atom. The van der Waals surface area contributed by atoms with Gasteiger partial charge in [-0.25, -0.2) is 9.59 Å². The quantitative estimate of drug-likeness (QED) is 0.589. The fraction of sp³-hybridized carbons (Fsp3) is 0.300. The fourth-order valence-electron chi connectivity index (χ4n) is 2.26. The SMILES string of the molecule is Cc1cc(C)cc(OCC(=O)Oc2ccc(C(=O)OC(C)C)cc2)c1. The summed E-state index contributed by atoms with van der Waals surface area (Å²) in [5.41, 5.74) is 2.53. The predicted molar refractivity (Wildman–Crippen MR) is 94.0 cm³/mol. The molecule has 0 spiro atoms. The van der Waals surface area contributed by atoms with Crippen LogP contribution in [0.5, 0.6) is 11.5 Å². The van der Waals surface area contributed by atoms with E-state index in [1.807, 2.05) is 32.0 Å². The highest BCUT2D eigenvalue weighted by molar-refractivity contribution is 5.89. The van der Waals surface area contributed by atoms with E-state index in [9.17, 15) is 9.59 Å². The third-order valence-electron chi connectivity index (χ3n) is 3.22. The van der Waals surface area contributed by atoms with Crippen LogP contribution in [0.25, 0.3) is 0 Å². The number of benzene rings is 2. The van der Waals surface area contributed by atoms with Gasteiger partial charge in [0, 0.05) is 0 Å². The summed E-state index contributed by atoms with van der Waals surface area (Å²) >= 11 is 0. The van der Waals surface area contributed by atoms with Crippen LogP contribution in [0.2, 0.25) is 0 Å². The van der Waals surface area contributed by atoms with Gasteiger partial charge in [0.2, 0.25) is 0 Å². The Hall–Kier alpha value is -2.82. The summed E-state index contributed by atoms with van der Waals surface area (Å²) in [4.78, 5) is 23.6. The summed E-state index contributed by atoms with van der Waals surface area (Å²) in [5.74, 6) is 0.0408. The highest BCUT2D eigenvalue weighted by Crippen LogP contribution is 2.17. The lowest BCUT2D eigenvalue weighted by atomic mass is 10.1. The summed E-state index contributed by atoms with van der Waals surface area (Å²) in [6.07, 6.45) is -0.188. The molecule has 0 saturated heterocycles. The van der Waals surface area contributed by atoms with E-state index < -0.39 is 11.9 Å². The maximum absolute atomic E-state index is 11.9. The summed E-state index contributed by atoms with van der Waals surface area (Å²) in [7, 11) is 0. The van der Waals surface area contributed by atoms with Gasteiger partial charge in [-0.05, 0) is 75.2 Å². The Morgan fingerprint density at radius 3 is 2.08 bits per heavy atom. The number of rotatable bonds is 6. The zero-order valence-electron chi connectivity index (χ0n) is 14.9. The molecule has 0 aromatic heterocycles. The minimum absolute atomic E-state index is 0.188. The maximum Gasteiger partial charge on any atom is 0.349 e. The minimum Gasteiger partial charge on any atom is -0.482 e. The van der Waals surface area contributed by atoms with E-state index in [1.165, 1.54) is 0 Å². The van der Waals surface area contributed by atoms with E-state index in [1.54, 1.807) is 38.1 Å². The number of hydrogen-bond donors (Lipinski definition) is 0. The number of aryl methyl sites for hydroxylation is 2. The van der Waals surface area contributed by atoms with E-state index in [0.717, 1.165) is 11.1 Å². The van der Waals surface area contributed by atoms with Crippen LogP contribution in [-0.4, -0.2) is 24.6 Å². The fourth-order valence-corrected chi connectivity index (χ4v) is 2.26. The third-order valence-corrected chi connectivity index (χ3v) is 3.22. The molecule has 0 aliphatic carbocycles. The average molecular weight is 342 g/mol. The monoisotopic (exact) mass is 342 g/mol. The molecule has 2 aromatic carbocycles. The van der Waals surface area contributed by atoms with Crippen molar-refractivity contribution in [3.63, 3.8) is 0 Å². The molecule has 0 unspecified atom stereocenters. The Bertz CT molecular complexity index is 727. The summed E-state index contributed by atoms with van der Waals surface area (Å²) in [6.45, 7) is 7.29. The van der Waals surface area contributed by atoms with E-state index in [-0.39, 0.29) is 12.7 Å². The molecule has 0 saturated carbocycles. The standard InChI is InChI=1S/C20H22O5/c1-13(2)24-20(22)16-5-7-17(8-6-16)25-19(21)12-23-18-10-14(3)9-15(4)11-18/h5-11,13H,12H2,1-4H3. The van der Waals surface area contributed by atoms with Gasteiger partial charge in [0.05, 0.1) is 11.7 Å². The van der Waals surface area contributed by atoms with Crippen LogP contribution in [0.1, 0.15) is 35.3 Å². The largest absolute Gasteiger partial charge is 0.482 e. The second kappa shape index (κ2) is 8.33. The molecule has 5 heteroatoms. The molecule has 0 aliphatic heterocycles. The Kier molecular flexibility index (Phi) is 6.17. The van der Waals surface area contributed by atoms with Crippen molar-refractivity contribution < 1.29 is 23.8 Å². The van der Waals surface area contributed by atoms with Crippen LogP contribution in [0.4, 0.5) is 0 Å². The van der Waals surface area contributed by atoms with Crippen LogP contribution in [-0.2, 0) is 9.53 Å². The van der Waals surface area contributed by atoms with Crippen molar-refractivity contribution >= 4 is 11.9 Å². The van der Waals surface area contributed by atoms with Gasteiger partial charge >= 0.3 is 11.9 Å². The van der Waals surface area contributed by atoms with Crippen molar-refractivity contribution in [1.29, 1.82) is 0 Å². The topological polar surface area (TPSA) is 61.8 Å². The average Bonchev–Trinajstić information content (AvgIpc) is 2.52. The first-order valence-electron chi connectivity index (χ1n) is 8.06. The van der Waals surface area contributed by atoms with Gasteiger partial charge < -0.3 is 14.2 Å². The lowest BCUT2D eigenvalue weighted by Gasteiger charge is -2.10. The normalized spacial score (nSPS) is 10.4. The van der Waals surface area contributed by atoms with Gasteiger partial charge in [0.15, 0.2) is 6.61 Å². The van der Waals surface area contributed by atoms with Gasteiger partial charge in [-0.2, -0.15) is 0 Å². The van der Waals surface area contributed by atoms with E-state index in [0.29, 0.717) is 17.1 Å². The van der Waals surface area contributed by atoms with Crippen molar-refractivity contribution in [2.75, 3.05) is 6.61 Å². The smallest absolute Gasteiger partial charge is 0.349 e. The van der Waals surface area contributed by atoms with Crippen molar-refractivity contribution in [3.05, 3.63) is 59.2 Å². The van der Waals surface area contributed by atoms with E-state index in [4.69, 9.17) is 14.2 Å². The Labute approximate surface area is 147 Å². The van der Waals surface area contributed by atoms with Gasteiger partial charge in [-0.3, -0.25) is 0 Å². The first kappa shape index (κ1) is 18.5. The summed E-state index contributed by atoms with van der Waals surface area (Å²) in [6, 6.07) is 11.9. The van der Waals surface area contributed by atoms with Gasteiger partial charge in [-0.15, -0.1) is 0 Å². The first-order chi connectivity index (χ1) is 11.8. The molecule has 0 heterocycles. The number of esters is 2. The number of hydrogen-bond acceptors (Lipinski definition) is 5. The molecule has 0 fully saturated rings. The molecule has 0 N–H and O–H groups in total. The predicted octanol–water partition coefficient (Wildman–Crippen LogP) is 3.85. The molecular formula is C20H22O5. The second-order valence-electron chi connectivity index (χ2n) is 6.06. The van der Waals surface area contributed by atoms with Crippen LogP contribution >= 0.6 is 0 Å². The van der Waals surface area contributed by atoms with Crippen molar-refractivity contribution in [3.8, 4) is 11.5 Å².